The van der Waals surface area contributed by atoms with Crippen molar-refractivity contribution in [3.63, 3.8) is 0 Å². The number of ether oxygens (including phenoxy) is 1. The maximum atomic E-state index is 12.7. The molecule has 2 aromatic rings. The molecule has 0 aliphatic carbocycles. The molecule has 1 aliphatic rings. The predicted molar refractivity (Wildman–Crippen MR) is 126 cm³/mol. The van der Waals surface area contributed by atoms with Crippen LogP contribution in [0.5, 0.6) is 0 Å². The van der Waals surface area contributed by atoms with Crippen molar-refractivity contribution in [2.24, 2.45) is 0 Å². The largest absolute Gasteiger partial charge is 0.352 e. The van der Waals surface area contributed by atoms with Crippen molar-refractivity contribution in [3.8, 4) is 6.07 Å². The predicted octanol–water partition coefficient (Wildman–Crippen LogP) is 4.11. The molecule has 3 rings (SSSR count). The number of fused-ring (bicyclic) bond motifs is 1. The summed E-state index contributed by atoms with van der Waals surface area (Å²) in [6.45, 7) is 10.7. The number of thiophene rings is 1. The zero-order chi connectivity index (χ0) is 23.4. The van der Waals surface area contributed by atoms with Gasteiger partial charge in [-0.05, 0) is 45.6 Å². The van der Waals surface area contributed by atoms with Crippen LogP contribution in [-0.2, 0) is 13.8 Å². The van der Waals surface area contributed by atoms with Crippen LogP contribution in [0.15, 0.2) is 21.0 Å². The molecule has 3 unspecified atom stereocenters. The first-order chi connectivity index (χ1) is 15.3. The van der Waals surface area contributed by atoms with Gasteiger partial charge in [-0.15, -0.1) is 11.3 Å². The standard InChI is InChI=1S/C21H31N4O5PS/c1-6-16-17(30-31(28-10-7-9-22)25(13(2)3)14(4)5)12-18(29-16)24-15-8-11-32-19(15)20(26)23-21(24)27/h8,11,13-14,16-18H,6-7,10,12H2,1-5H3,(H,23,26,27)/t16-,17?,18?,31?/m1/s1. The number of aromatic amines is 1. The van der Waals surface area contributed by atoms with E-state index >= 15 is 0 Å². The lowest BCUT2D eigenvalue weighted by atomic mass is 10.1. The lowest BCUT2D eigenvalue weighted by molar-refractivity contribution is -0.0181. The van der Waals surface area contributed by atoms with E-state index in [9.17, 15) is 9.59 Å². The van der Waals surface area contributed by atoms with Crippen LogP contribution in [-0.4, -0.2) is 45.1 Å². The van der Waals surface area contributed by atoms with E-state index in [1.54, 1.807) is 11.4 Å². The number of aromatic nitrogens is 2. The molecule has 2 aromatic heterocycles. The molecule has 0 aromatic carbocycles. The Balaban J connectivity index is 1.87. The second-order valence-electron chi connectivity index (χ2n) is 8.23. The zero-order valence-corrected chi connectivity index (χ0v) is 20.8. The van der Waals surface area contributed by atoms with E-state index < -0.39 is 20.4 Å². The molecule has 0 bridgehead atoms. The number of rotatable bonds is 10. The fourth-order valence-corrected chi connectivity index (χ4v) is 6.55. The van der Waals surface area contributed by atoms with Gasteiger partial charge in [0.05, 0.1) is 36.8 Å². The summed E-state index contributed by atoms with van der Waals surface area (Å²) in [5.41, 5.74) is -0.296. The van der Waals surface area contributed by atoms with Gasteiger partial charge in [-0.1, -0.05) is 6.92 Å². The van der Waals surface area contributed by atoms with Gasteiger partial charge in [0.2, 0.25) is 0 Å². The van der Waals surface area contributed by atoms with Crippen molar-refractivity contribution in [2.75, 3.05) is 6.61 Å². The molecule has 0 saturated carbocycles. The van der Waals surface area contributed by atoms with E-state index in [-0.39, 0.29) is 36.3 Å². The summed E-state index contributed by atoms with van der Waals surface area (Å²) < 4.78 is 23.0. The minimum absolute atomic E-state index is 0.189. The fourth-order valence-electron chi connectivity index (χ4n) is 4.01. The highest BCUT2D eigenvalue weighted by Crippen LogP contribution is 2.50. The van der Waals surface area contributed by atoms with Crippen molar-refractivity contribution in [1.29, 1.82) is 5.26 Å². The maximum absolute atomic E-state index is 12.7. The van der Waals surface area contributed by atoms with Crippen molar-refractivity contribution in [2.45, 2.75) is 84.4 Å². The van der Waals surface area contributed by atoms with Gasteiger partial charge in [-0.25, -0.2) is 9.46 Å². The first-order valence-corrected chi connectivity index (χ1v) is 12.9. The first-order valence-electron chi connectivity index (χ1n) is 10.9. The summed E-state index contributed by atoms with van der Waals surface area (Å²) in [5, 5.41) is 10.7. The molecule has 0 spiro atoms. The van der Waals surface area contributed by atoms with E-state index in [1.165, 1.54) is 15.9 Å². The lowest BCUT2D eigenvalue weighted by Gasteiger charge is -2.37. The van der Waals surface area contributed by atoms with Crippen LogP contribution < -0.4 is 11.2 Å². The third kappa shape index (κ3) is 5.30. The Hall–Kier alpha value is -1.60. The van der Waals surface area contributed by atoms with Gasteiger partial charge in [-0.2, -0.15) is 5.26 Å². The number of nitriles is 1. The third-order valence-corrected chi connectivity index (χ3v) is 8.37. The van der Waals surface area contributed by atoms with Crippen LogP contribution in [0.4, 0.5) is 0 Å². The summed E-state index contributed by atoms with van der Waals surface area (Å²) in [5.74, 6) is 0. The molecule has 9 nitrogen and oxygen atoms in total. The molecule has 1 fully saturated rings. The molecule has 1 N–H and O–H groups in total. The highest BCUT2D eigenvalue weighted by atomic mass is 32.1. The van der Waals surface area contributed by atoms with Gasteiger partial charge in [-0.3, -0.25) is 14.3 Å². The SMILES string of the molecule is CC[C@H]1OC(n2c(=O)[nH]c(=O)c3sccc32)CC1OP(OCCC#N)N(C(C)C)C(C)C. The molecule has 32 heavy (non-hydrogen) atoms. The van der Waals surface area contributed by atoms with E-state index in [4.69, 9.17) is 19.0 Å². The number of H-pyrrole nitrogens is 1. The topological polar surface area (TPSA) is 110 Å². The number of nitrogens with one attached hydrogen (secondary N) is 1. The molecule has 0 radical (unpaired) electrons. The minimum Gasteiger partial charge on any atom is -0.352 e. The minimum atomic E-state index is -1.42. The highest BCUT2D eigenvalue weighted by Gasteiger charge is 2.41. The fraction of sp³-hybridized carbons (Fsp3) is 0.667. The van der Waals surface area contributed by atoms with Crippen LogP contribution >= 0.6 is 19.9 Å². The van der Waals surface area contributed by atoms with Crippen molar-refractivity contribution >= 4 is 30.1 Å². The Labute approximate surface area is 192 Å². The molecule has 4 atom stereocenters. The van der Waals surface area contributed by atoms with E-state index in [1.807, 2.05) is 6.92 Å². The first kappa shape index (κ1) is 25.0. The summed E-state index contributed by atoms with van der Waals surface area (Å²) in [7, 11) is -1.42. The smallest absolute Gasteiger partial charge is 0.331 e. The number of nitrogens with zero attached hydrogens (tertiary/aromatic N) is 3. The van der Waals surface area contributed by atoms with Crippen molar-refractivity contribution in [3.05, 3.63) is 32.3 Å². The Bertz CT molecular complexity index is 1050. The van der Waals surface area contributed by atoms with E-state index in [0.29, 0.717) is 29.7 Å². The Morgan fingerprint density at radius 1 is 1.38 bits per heavy atom. The molecule has 11 heteroatoms. The van der Waals surface area contributed by atoms with Gasteiger partial charge in [0, 0.05) is 18.5 Å². The molecule has 1 aliphatic heterocycles. The van der Waals surface area contributed by atoms with Gasteiger partial charge in [0.15, 0.2) is 0 Å². The number of hydrogen-bond donors (Lipinski definition) is 1. The molecular weight excluding hydrogens is 451 g/mol. The Morgan fingerprint density at radius 3 is 2.72 bits per heavy atom. The molecular formula is C21H31N4O5PS. The monoisotopic (exact) mass is 482 g/mol. The highest BCUT2D eigenvalue weighted by molar-refractivity contribution is 7.44. The van der Waals surface area contributed by atoms with E-state index in [2.05, 4.69) is 43.4 Å². The normalized spacial score (nSPS) is 22.3. The summed E-state index contributed by atoms with van der Waals surface area (Å²) >= 11 is 1.30. The van der Waals surface area contributed by atoms with Crippen LogP contribution in [0.1, 0.15) is 60.1 Å². The lowest BCUT2D eigenvalue weighted by Crippen LogP contribution is -2.35. The van der Waals surface area contributed by atoms with Crippen LogP contribution in [0, 0.1) is 11.3 Å². The van der Waals surface area contributed by atoms with Gasteiger partial charge in [0.25, 0.3) is 14.1 Å². The number of hydrogen-bond acceptors (Lipinski definition) is 8. The van der Waals surface area contributed by atoms with Crippen molar-refractivity contribution < 1.29 is 13.8 Å². The summed E-state index contributed by atoms with van der Waals surface area (Å²) in [4.78, 5) is 27.2. The van der Waals surface area contributed by atoms with Crippen LogP contribution in [0.3, 0.4) is 0 Å². The summed E-state index contributed by atoms with van der Waals surface area (Å²) in [6, 6.07) is 4.26. The Kier molecular flexibility index (Phi) is 8.62. The van der Waals surface area contributed by atoms with Crippen LogP contribution in [0.25, 0.3) is 10.2 Å². The van der Waals surface area contributed by atoms with Gasteiger partial charge in [0.1, 0.15) is 10.9 Å². The van der Waals surface area contributed by atoms with Crippen LogP contribution in [0.2, 0.25) is 0 Å². The zero-order valence-electron chi connectivity index (χ0n) is 19.1. The second-order valence-corrected chi connectivity index (χ2v) is 10.6. The van der Waals surface area contributed by atoms with Gasteiger partial charge >= 0.3 is 5.69 Å². The summed E-state index contributed by atoms with van der Waals surface area (Å²) in [6.07, 6.45) is 0.394. The van der Waals surface area contributed by atoms with Gasteiger partial charge < -0.3 is 13.8 Å². The molecule has 1 saturated heterocycles. The Morgan fingerprint density at radius 2 is 2.09 bits per heavy atom. The van der Waals surface area contributed by atoms with Crippen molar-refractivity contribution in [1.82, 2.24) is 14.2 Å². The third-order valence-electron chi connectivity index (χ3n) is 5.31. The molecule has 3 heterocycles. The quantitative estimate of drug-likeness (QED) is 0.401. The van der Waals surface area contributed by atoms with E-state index in [0.717, 1.165) is 0 Å². The average Bonchev–Trinajstić information content (AvgIpc) is 3.35. The average molecular weight is 483 g/mol. The second kappa shape index (κ2) is 11.0. The molecule has 176 valence electrons. The molecule has 0 amide bonds. The maximum Gasteiger partial charge on any atom is 0.331 e.